The van der Waals surface area contributed by atoms with Gasteiger partial charge in [-0.3, -0.25) is 0 Å². The van der Waals surface area contributed by atoms with Gasteiger partial charge >= 0.3 is 0 Å². The molecule has 19 heavy (non-hydrogen) atoms. The van der Waals surface area contributed by atoms with E-state index in [0.29, 0.717) is 0 Å². The van der Waals surface area contributed by atoms with Crippen LogP contribution in [0, 0.1) is 12.8 Å². The van der Waals surface area contributed by atoms with E-state index >= 15 is 0 Å². The molecule has 1 saturated heterocycles. The lowest BCUT2D eigenvalue weighted by Crippen LogP contribution is -2.24. The molecule has 1 aliphatic rings. The van der Waals surface area contributed by atoms with Crippen molar-refractivity contribution in [3.63, 3.8) is 0 Å². The molecule has 0 saturated carbocycles. The zero-order chi connectivity index (χ0) is 13.8. The molecule has 1 atom stereocenters. The van der Waals surface area contributed by atoms with E-state index in [4.69, 9.17) is 10.9 Å². The van der Waals surface area contributed by atoms with Gasteiger partial charge in [0.2, 0.25) is 0 Å². The van der Waals surface area contributed by atoms with E-state index in [9.17, 15) is 0 Å². The number of benzene rings is 1. The van der Waals surface area contributed by atoms with Crippen molar-refractivity contribution in [2.24, 2.45) is 16.8 Å². The van der Waals surface area contributed by atoms with Crippen molar-refractivity contribution in [2.75, 3.05) is 18.0 Å². The third kappa shape index (κ3) is 3.00. The fourth-order valence-electron chi connectivity index (χ4n) is 2.88. The van der Waals surface area contributed by atoms with E-state index in [1.807, 2.05) is 13.0 Å². The molecule has 0 aliphatic carbocycles. The lowest BCUT2D eigenvalue weighted by atomic mass is 10.0. The molecule has 0 aromatic heterocycles. The van der Waals surface area contributed by atoms with Crippen LogP contribution < -0.4 is 10.6 Å². The molecule has 0 bridgehead atoms. The van der Waals surface area contributed by atoms with Crippen molar-refractivity contribution in [2.45, 2.75) is 33.1 Å². The van der Waals surface area contributed by atoms with Crippen LogP contribution in [0.2, 0.25) is 0 Å². The van der Waals surface area contributed by atoms with Crippen LogP contribution in [-0.2, 0) is 0 Å². The van der Waals surface area contributed by atoms with Crippen LogP contribution in [0.1, 0.15) is 37.3 Å². The molecule has 1 aromatic carbocycles. The minimum Gasteiger partial charge on any atom is -0.409 e. The van der Waals surface area contributed by atoms with Crippen LogP contribution in [0.4, 0.5) is 5.69 Å². The second-order valence-corrected chi connectivity index (χ2v) is 5.40. The van der Waals surface area contributed by atoms with Crippen molar-refractivity contribution in [3.05, 3.63) is 29.3 Å². The maximum absolute atomic E-state index is 8.93. The largest absolute Gasteiger partial charge is 0.409 e. The number of rotatable bonds is 4. The molecule has 1 aromatic rings. The number of nitrogens with zero attached hydrogens (tertiary/aromatic N) is 2. The summed E-state index contributed by atoms with van der Waals surface area (Å²) in [4.78, 5) is 2.35. The van der Waals surface area contributed by atoms with E-state index in [2.05, 4.69) is 29.1 Å². The Balaban J connectivity index is 2.25. The standard InChI is InChI=1S/C15H23N3O/c1-3-4-12-7-8-18(10-12)14-6-5-11(2)9-13(14)15(16)17-19/h5-6,9,12,19H,3-4,7-8,10H2,1-2H3,(H2,16,17). The Morgan fingerprint density at radius 2 is 2.32 bits per heavy atom. The minimum absolute atomic E-state index is 0.192. The van der Waals surface area contributed by atoms with Gasteiger partial charge in [-0.15, -0.1) is 0 Å². The summed E-state index contributed by atoms with van der Waals surface area (Å²) in [5, 5.41) is 12.1. The Hall–Kier alpha value is -1.71. The molecule has 1 unspecified atom stereocenters. The van der Waals surface area contributed by atoms with Gasteiger partial charge in [-0.1, -0.05) is 30.1 Å². The Morgan fingerprint density at radius 3 is 3.00 bits per heavy atom. The second kappa shape index (κ2) is 5.95. The SMILES string of the molecule is CCCC1CCN(c2ccc(C)cc2/C(N)=N/O)C1. The Kier molecular flexibility index (Phi) is 4.30. The molecule has 1 fully saturated rings. The summed E-state index contributed by atoms with van der Waals surface area (Å²) in [5.41, 5.74) is 8.83. The van der Waals surface area contributed by atoms with Gasteiger partial charge in [-0.2, -0.15) is 0 Å². The second-order valence-electron chi connectivity index (χ2n) is 5.40. The lowest BCUT2D eigenvalue weighted by molar-refractivity contribution is 0.318. The normalized spacial score (nSPS) is 20.0. The minimum atomic E-state index is 0.192. The van der Waals surface area contributed by atoms with E-state index in [-0.39, 0.29) is 5.84 Å². The predicted octanol–water partition coefficient (Wildman–Crippen LogP) is 2.72. The summed E-state index contributed by atoms with van der Waals surface area (Å²) < 4.78 is 0. The smallest absolute Gasteiger partial charge is 0.172 e. The highest BCUT2D eigenvalue weighted by Gasteiger charge is 2.24. The van der Waals surface area contributed by atoms with Crippen molar-refractivity contribution in [3.8, 4) is 0 Å². The van der Waals surface area contributed by atoms with E-state index in [1.54, 1.807) is 0 Å². The van der Waals surface area contributed by atoms with Gasteiger partial charge in [-0.05, 0) is 37.8 Å². The van der Waals surface area contributed by atoms with E-state index in [0.717, 1.165) is 35.8 Å². The van der Waals surface area contributed by atoms with Crippen molar-refractivity contribution in [1.29, 1.82) is 0 Å². The van der Waals surface area contributed by atoms with Gasteiger partial charge in [0.25, 0.3) is 0 Å². The molecular weight excluding hydrogens is 238 g/mol. The van der Waals surface area contributed by atoms with Crippen molar-refractivity contribution < 1.29 is 5.21 Å². The number of hydrogen-bond acceptors (Lipinski definition) is 3. The molecule has 4 heteroatoms. The van der Waals surface area contributed by atoms with Crippen LogP contribution >= 0.6 is 0 Å². The fraction of sp³-hybridized carbons (Fsp3) is 0.533. The average molecular weight is 261 g/mol. The molecular formula is C15H23N3O. The van der Waals surface area contributed by atoms with Gasteiger partial charge in [0.1, 0.15) is 0 Å². The van der Waals surface area contributed by atoms with Gasteiger partial charge in [0.15, 0.2) is 5.84 Å². The van der Waals surface area contributed by atoms with Crippen molar-refractivity contribution in [1.82, 2.24) is 0 Å². The molecule has 1 heterocycles. The summed E-state index contributed by atoms with van der Waals surface area (Å²) in [5.74, 6) is 0.962. The first-order chi connectivity index (χ1) is 9.15. The Morgan fingerprint density at radius 1 is 1.53 bits per heavy atom. The van der Waals surface area contributed by atoms with E-state index in [1.165, 1.54) is 19.3 Å². The number of aryl methyl sites for hydroxylation is 1. The molecule has 4 nitrogen and oxygen atoms in total. The number of hydrogen-bond donors (Lipinski definition) is 2. The highest BCUT2D eigenvalue weighted by atomic mass is 16.4. The highest BCUT2D eigenvalue weighted by molar-refractivity contribution is 6.02. The summed E-state index contributed by atoms with van der Waals surface area (Å²) >= 11 is 0. The third-order valence-corrected chi connectivity index (χ3v) is 3.86. The number of anilines is 1. The Bertz CT molecular complexity index is 470. The van der Waals surface area contributed by atoms with Crippen molar-refractivity contribution >= 4 is 11.5 Å². The zero-order valence-electron chi connectivity index (χ0n) is 11.8. The molecule has 2 rings (SSSR count). The predicted molar refractivity (Wildman–Crippen MR) is 78.9 cm³/mol. The molecule has 0 amide bonds. The highest BCUT2D eigenvalue weighted by Crippen LogP contribution is 2.29. The first-order valence-corrected chi connectivity index (χ1v) is 6.99. The number of nitrogens with two attached hydrogens (primary N) is 1. The topological polar surface area (TPSA) is 61.8 Å². The zero-order valence-corrected chi connectivity index (χ0v) is 11.8. The van der Waals surface area contributed by atoms with Gasteiger partial charge in [0.05, 0.1) is 0 Å². The quantitative estimate of drug-likeness (QED) is 0.379. The first kappa shape index (κ1) is 13.7. The van der Waals surface area contributed by atoms with Gasteiger partial charge < -0.3 is 15.8 Å². The summed E-state index contributed by atoms with van der Waals surface area (Å²) in [6.07, 6.45) is 3.75. The first-order valence-electron chi connectivity index (χ1n) is 6.99. The average Bonchev–Trinajstić information content (AvgIpc) is 2.86. The monoisotopic (exact) mass is 261 g/mol. The molecule has 0 spiro atoms. The van der Waals surface area contributed by atoms with Crippen LogP contribution in [0.15, 0.2) is 23.4 Å². The molecule has 3 N–H and O–H groups in total. The molecule has 0 radical (unpaired) electrons. The maximum Gasteiger partial charge on any atom is 0.172 e. The summed E-state index contributed by atoms with van der Waals surface area (Å²) in [7, 11) is 0. The van der Waals surface area contributed by atoms with E-state index < -0.39 is 0 Å². The fourth-order valence-corrected chi connectivity index (χ4v) is 2.88. The Labute approximate surface area is 114 Å². The van der Waals surface area contributed by atoms with Crippen LogP contribution in [0.25, 0.3) is 0 Å². The number of amidine groups is 1. The molecule has 104 valence electrons. The summed E-state index contributed by atoms with van der Waals surface area (Å²) in [6, 6.07) is 6.14. The summed E-state index contributed by atoms with van der Waals surface area (Å²) in [6.45, 7) is 6.38. The molecule has 1 aliphatic heterocycles. The number of oxime groups is 1. The van der Waals surface area contributed by atoms with Crippen LogP contribution in [0.5, 0.6) is 0 Å². The van der Waals surface area contributed by atoms with Crippen LogP contribution in [0.3, 0.4) is 0 Å². The van der Waals surface area contributed by atoms with Crippen LogP contribution in [-0.4, -0.2) is 24.1 Å². The van der Waals surface area contributed by atoms with Gasteiger partial charge in [-0.25, -0.2) is 0 Å². The lowest BCUT2D eigenvalue weighted by Gasteiger charge is -2.22. The maximum atomic E-state index is 8.93. The third-order valence-electron chi connectivity index (χ3n) is 3.86. The van der Waals surface area contributed by atoms with Gasteiger partial charge in [0, 0.05) is 24.3 Å².